The van der Waals surface area contributed by atoms with Crippen molar-refractivity contribution >= 4 is 29.0 Å². The lowest BCUT2D eigenvalue weighted by atomic mass is 10.1. The third kappa shape index (κ3) is 5.23. The first kappa shape index (κ1) is 21.1. The third-order valence-corrected chi connectivity index (χ3v) is 4.97. The van der Waals surface area contributed by atoms with Crippen molar-refractivity contribution in [3.05, 3.63) is 64.7 Å². The molecule has 0 bridgehead atoms. The SMILES string of the molecule is COc1ccc(OC)c(NC(=O)CSc2ccc(-c3ccc([N+](=O)[O-])cc3)nn2)c1. The fourth-order valence-corrected chi connectivity index (χ4v) is 3.16. The molecule has 2 aromatic carbocycles. The number of amides is 1. The van der Waals surface area contributed by atoms with Gasteiger partial charge in [0.2, 0.25) is 5.91 Å². The van der Waals surface area contributed by atoms with Gasteiger partial charge < -0.3 is 14.8 Å². The fraction of sp³-hybridized carbons (Fsp3) is 0.150. The highest BCUT2D eigenvalue weighted by atomic mass is 32.2. The Balaban J connectivity index is 1.60. The number of hydrogen-bond donors (Lipinski definition) is 1. The zero-order valence-electron chi connectivity index (χ0n) is 16.2. The molecule has 30 heavy (non-hydrogen) atoms. The summed E-state index contributed by atoms with van der Waals surface area (Å²) in [7, 11) is 3.07. The quantitative estimate of drug-likeness (QED) is 0.328. The zero-order valence-corrected chi connectivity index (χ0v) is 17.0. The number of thioether (sulfide) groups is 1. The van der Waals surface area contributed by atoms with E-state index in [1.165, 1.54) is 31.0 Å². The van der Waals surface area contributed by atoms with E-state index in [0.29, 0.717) is 33.5 Å². The van der Waals surface area contributed by atoms with E-state index < -0.39 is 4.92 Å². The maximum atomic E-state index is 12.3. The minimum absolute atomic E-state index is 0.0116. The van der Waals surface area contributed by atoms with Gasteiger partial charge in [0, 0.05) is 23.8 Å². The number of hydrogen-bond acceptors (Lipinski definition) is 8. The third-order valence-electron chi connectivity index (χ3n) is 4.05. The van der Waals surface area contributed by atoms with Crippen LogP contribution in [0, 0.1) is 10.1 Å². The van der Waals surface area contributed by atoms with Crippen molar-refractivity contribution in [3.63, 3.8) is 0 Å². The van der Waals surface area contributed by atoms with Crippen LogP contribution >= 0.6 is 11.8 Å². The molecular weight excluding hydrogens is 408 g/mol. The topological polar surface area (TPSA) is 116 Å². The Hall–Kier alpha value is -3.66. The Kier molecular flexibility index (Phi) is 6.81. The molecule has 1 N–H and O–H groups in total. The molecule has 10 heteroatoms. The number of non-ortho nitro benzene ring substituents is 1. The molecule has 0 unspecified atom stereocenters. The Morgan fingerprint density at radius 1 is 1.07 bits per heavy atom. The van der Waals surface area contributed by atoms with E-state index in [1.54, 1.807) is 49.6 Å². The van der Waals surface area contributed by atoms with Gasteiger partial charge in [-0.15, -0.1) is 10.2 Å². The second-order valence-corrected chi connectivity index (χ2v) is 6.96. The van der Waals surface area contributed by atoms with Gasteiger partial charge >= 0.3 is 0 Å². The Morgan fingerprint density at radius 2 is 1.83 bits per heavy atom. The van der Waals surface area contributed by atoms with Gasteiger partial charge in [-0.1, -0.05) is 11.8 Å². The predicted molar refractivity (Wildman–Crippen MR) is 113 cm³/mol. The number of aromatic nitrogens is 2. The molecular formula is C20H18N4O5S. The molecule has 1 aromatic heterocycles. The molecule has 0 radical (unpaired) electrons. The second-order valence-electron chi connectivity index (χ2n) is 5.96. The number of nitro benzene ring substituents is 1. The number of benzene rings is 2. The van der Waals surface area contributed by atoms with E-state index in [4.69, 9.17) is 9.47 Å². The van der Waals surface area contributed by atoms with Gasteiger partial charge in [0.25, 0.3) is 5.69 Å². The number of methoxy groups -OCH3 is 2. The van der Waals surface area contributed by atoms with Gasteiger partial charge in [-0.2, -0.15) is 0 Å². The summed E-state index contributed by atoms with van der Waals surface area (Å²) in [5.41, 5.74) is 1.83. The molecule has 154 valence electrons. The summed E-state index contributed by atoms with van der Waals surface area (Å²) in [5, 5.41) is 22.3. The van der Waals surface area contributed by atoms with E-state index in [2.05, 4.69) is 15.5 Å². The summed E-state index contributed by atoms with van der Waals surface area (Å²) in [6, 6.07) is 14.7. The lowest BCUT2D eigenvalue weighted by Crippen LogP contribution is -2.15. The summed E-state index contributed by atoms with van der Waals surface area (Å²) < 4.78 is 10.4. The molecule has 1 heterocycles. The number of ether oxygens (including phenoxy) is 2. The molecule has 0 saturated carbocycles. The lowest BCUT2D eigenvalue weighted by Gasteiger charge is -2.11. The Bertz CT molecular complexity index is 1040. The molecule has 0 aliphatic heterocycles. The number of carbonyl (C=O) groups is 1. The van der Waals surface area contributed by atoms with Crippen LogP contribution in [-0.2, 0) is 4.79 Å². The molecule has 0 fully saturated rings. The van der Waals surface area contributed by atoms with Crippen LogP contribution in [0.2, 0.25) is 0 Å². The minimum atomic E-state index is -0.457. The summed E-state index contributed by atoms with van der Waals surface area (Å²) in [4.78, 5) is 22.6. The summed E-state index contributed by atoms with van der Waals surface area (Å²) in [6.07, 6.45) is 0. The maximum Gasteiger partial charge on any atom is 0.269 e. The van der Waals surface area contributed by atoms with Crippen LogP contribution in [0.15, 0.2) is 59.6 Å². The van der Waals surface area contributed by atoms with Crippen molar-refractivity contribution in [2.45, 2.75) is 5.03 Å². The number of nitrogens with zero attached hydrogens (tertiary/aromatic N) is 3. The van der Waals surface area contributed by atoms with Crippen LogP contribution in [0.5, 0.6) is 11.5 Å². The summed E-state index contributed by atoms with van der Waals surface area (Å²) in [5.74, 6) is 1.03. The number of nitrogens with one attached hydrogen (secondary N) is 1. The number of anilines is 1. The number of rotatable bonds is 8. The van der Waals surface area contributed by atoms with Crippen LogP contribution in [0.3, 0.4) is 0 Å². The monoisotopic (exact) mass is 426 g/mol. The van der Waals surface area contributed by atoms with E-state index in [-0.39, 0.29) is 17.3 Å². The molecule has 0 spiro atoms. The van der Waals surface area contributed by atoms with E-state index >= 15 is 0 Å². The van der Waals surface area contributed by atoms with Gasteiger partial charge in [0.15, 0.2) is 0 Å². The highest BCUT2D eigenvalue weighted by Gasteiger charge is 2.11. The van der Waals surface area contributed by atoms with Crippen molar-refractivity contribution in [2.24, 2.45) is 0 Å². The molecule has 0 aliphatic rings. The second kappa shape index (κ2) is 9.70. The summed E-state index contributed by atoms with van der Waals surface area (Å²) >= 11 is 1.23. The average molecular weight is 426 g/mol. The largest absolute Gasteiger partial charge is 0.497 e. The lowest BCUT2D eigenvalue weighted by molar-refractivity contribution is -0.384. The number of carbonyl (C=O) groups excluding carboxylic acids is 1. The maximum absolute atomic E-state index is 12.3. The molecule has 0 aliphatic carbocycles. The molecule has 1 amide bonds. The van der Waals surface area contributed by atoms with Crippen molar-refractivity contribution in [1.29, 1.82) is 0 Å². The first-order valence-electron chi connectivity index (χ1n) is 8.73. The predicted octanol–water partition coefficient (Wildman–Crippen LogP) is 3.80. The highest BCUT2D eigenvalue weighted by molar-refractivity contribution is 7.99. The Morgan fingerprint density at radius 3 is 2.43 bits per heavy atom. The smallest absolute Gasteiger partial charge is 0.269 e. The Labute approximate surface area is 176 Å². The van der Waals surface area contributed by atoms with Crippen LogP contribution in [0.25, 0.3) is 11.3 Å². The van der Waals surface area contributed by atoms with E-state index in [0.717, 1.165) is 0 Å². The van der Waals surface area contributed by atoms with Gasteiger partial charge in [-0.05, 0) is 36.4 Å². The molecule has 0 atom stereocenters. The normalized spacial score (nSPS) is 10.3. The van der Waals surface area contributed by atoms with Gasteiger partial charge in [-0.3, -0.25) is 14.9 Å². The first-order valence-corrected chi connectivity index (χ1v) is 9.72. The first-order chi connectivity index (χ1) is 14.5. The molecule has 0 saturated heterocycles. The molecule has 3 aromatic rings. The van der Waals surface area contributed by atoms with Crippen LogP contribution < -0.4 is 14.8 Å². The van der Waals surface area contributed by atoms with Crippen LogP contribution in [0.1, 0.15) is 0 Å². The van der Waals surface area contributed by atoms with Crippen molar-refractivity contribution in [2.75, 3.05) is 25.3 Å². The number of nitro groups is 1. The van der Waals surface area contributed by atoms with Crippen molar-refractivity contribution in [3.8, 4) is 22.8 Å². The van der Waals surface area contributed by atoms with E-state index in [9.17, 15) is 14.9 Å². The molecule has 3 rings (SSSR count). The van der Waals surface area contributed by atoms with Crippen molar-refractivity contribution < 1.29 is 19.2 Å². The van der Waals surface area contributed by atoms with Crippen LogP contribution in [-0.4, -0.2) is 41.0 Å². The standard InChI is InChI=1S/C20H18N4O5S/c1-28-15-7-9-18(29-2)17(11-15)21-19(25)12-30-20-10-8-16(22-23-20)13-3-5-14(6-4-13)24(26)27/h3-11H,12H2,1-2H3,(H,21,25). The minimum Gasteiger partial charge on any atom is -0.497 e. The zero-order chi connectivity index (χ0) is 21.5. The summed E-state index contributed by atoms with van der Waals surface area (Å²) in [6.45, 7) is 0. The highest BCUT2D eigenvalue weighted by Crippen LogP contribution is 2.29. The van der Waals surface area contributed by atoms with Gasteiger partial charge in [-0.25, -0.2) is 0 Å². The van der Waals surface area contributed by atoms with Gasteiger partial charge in [0.05, 0.1) is 36.3 Å². The molecule has 9 nitrogen and oxygen atoms in total. The van der Waals surface area contributed by atoms with E-state index in [1.807, 2.05) is 0 Å². The van der Waals surface area contributed by atoms with Gasteiger partial charge in [0.1, 0.15) is 16.5 Å². The van der Waals surface area contributed by atoms with Crippen molar-refractivity contribution in [1.82, 2.24) is 10.2 Å². The van der Waals surface area contributed by atoms with Crippen LogP contribution in [0.4, 0.5) is 11.4 Å². The average Bonchev–Trinajstić information content (AvgIpc) is 2.78. The fourth-order valence-electron chi connectivity index (χ4n) is 2.54.